The van der Waals surface area contributed by atoms with E-state index in [0.29, 0.717) is 6.54 Å². The quantitative estimate of drug-likeness (QED) is 0.540. The number of nitrogens with one attached hydrogen (secondary N) is 2. The van der Waals surface area contributed by atoms with E-state index in [9.17, 15) is 9.59 Å². The first-order chi connectivity index (χ1) is 13.4. The lowest BCUT2D eigenvalue weighted by Gasteiger charge is -2.21. The lowest BCUT2D eigenvalue weighted by molar-refractivity contribution is -0.129. The molecule has 146 valence electrons. The Morgan fingerprint density at radius 2 is 1.82 bits per heavy atom. The summed E-state index contributed by atoms with van der Waals surface area (Å²) < 4.78 is 1.01. The molecule has 1 heterocycles. The fourth-order valence-corrected chi connectivity index (χ4v) is 4.42. The second kappa shape index (κ2) is 9.34. The zero-order valence-electron chi connectivity index (χ0n) is 15.9. The molecule has 0 fully saturated rings. The van der Waals surface area contributed by atoms with Gasteiger partial charge in [0, 0.05) is 14.7 Å². The average Bonchev–Trinajstić information content (AvgIpc) is 3.09. The third-order valence-electron chi connectivity index (χ3n) is 4.50. The van der Waals surface area contributed by atoms with E-state index in [-0.39, 0.29) is 24.2 Å². The molecule has 0 aliphatic rings. The fraction of sp³-hybridized carbons (Fsp3) is 0.273. The molecule has 28 heavy (non-hydrogen) atoms. The Kier molecular flexibility index (Phi) is 6.86. The normalized spacial score (nSPS) is 12.1. The largest absolute Gasteiger partial charge is 0.349 e. The minimum absolute atomic E-state index is 0.00405. The summed E-state index contributed by atoms with van der Waals surface area (Å²) in [7, 11) is 0. The van der Waals surface area contributed by atoms with Gasteiger partial charge in [-0.3, -0.25) is 9.59 Å². The van der Waals surface area contributed by atoms with E-state index in [1.807, 2.05) is 67.8 Å². The highest BCUT2D eigenvalue weighted by Gasteiger charge is 2.24. The van der Waals surface area contributed by atoms with Crippen LogP contribution in [0, 0.1) is 5.92 Å². The third kappa shape index (κ3) is 5.42. The van der Waals surface area contributed by atoms with E-state index in [0.717, 1.165) is 25.7 Å². The number of benzene rings is 2. The van der Waals surface area contributed by atoms with Gasteiger partial charge in [-0.2, -0.15) is 0 Å². The molecule has 0 saturated carbocycles. The van der Waals surface area contributed by atoms with E-state index >= 15 is 0 Å². The van der Waals surface area contributed by atoms with E-state index in [4.69, 9.17) is 0 Å². The summed E-state index contributed by atoms with van der Waals surface area (Å²) in [6.45, 7) is 4.32. The average molecular weight is 459 g/mol. The molecule has 2 aromatic carbocycles. The number of fused-ring (bicyclic) bond motifs is 1. The predicted octanol–water partition coefficient (Wildman–Crippen LogP) is 4.66. The number of thiophene rings is 1. The molecule has 0 saturated heterocycles. The van der Waals surface area contributed by atoms with Crippen LogP contribution < -0.4 is 10.6 Å². The van der Waals surface area contributed by atoms with Crippen LogP contribution in [0.1, 0.15) is 24.3 Å². The van der Waals surface area contributed by atoms with Crippen molar-refractivity contribution in [3.05, 3.63) is 68.8 Å². The van der Waals surface area contributed by atoms with Gasteiger partial charge in [0.1, 0.15) is 6.04 Å². The van der Waals surface area contributed by atoms with Gasteiger partial charge in [-0.15, -0.1) is 11.3 Å². The van der Waals surface area contributed by atoms with Crippen LogP contribution in [0.15, 0.2) is 58.4 Å². The number of carbonyl (C=O) groups is 2. The van der Waals surface area contributed by atoms with Gasteiger partial charge < -0.3 is 10.6 Å². The van der Waals surface area contributed by atoms with Crippen LogP contribution in [0.2, 0.25) is 0 Å². The van der Waals surface area contributed by atoms with E-state index in [1.165, 1.54) is 0 Å². The zero-order valence-corrected chi connectivity index (χ0v) is 18.3. The Hall–Kier alpha value is -2.18. The molecular formula is C22H23BrN2O2S. The van der Waals surface area contributed by atoms with Crippen molar-refractivity contribution in [2.24, 2.45) is 5.92 Å². The molecule has 3 rings (SSSR count). The SMILES string of the molecule is CC(C)C(NC(=O)Cc1ccc2ccccc2c1)C(=O)NCc1cc(Br)cs1. The van der Waals surface area contributed by atoms with Crippen LogP contribution >= 0.6 is 27.3 Å². The molecule has 4 nitrogen and oxygen atoms in total. The summed E-state index contributed by atoms with van der Waals surface area (Å²) in [5.41, 5.74) is 0.933. The number of hydrogen-bond acceptors (Lipinski definition) is 3. The Balaban J connectivity index is 1.60. The van der Waals surface area contributed by atoms with Crippen LogP contribution in [0.5, 0.6) is 0 Å². The molecule has 6 heteroatoms. The molecule has 0 spiro atoms. The van der Waals surface area contributed by atoms with E-state index in [1.54, 1.807) is 11.3 Å². The summed E-state index contributed by atoms with van der Waals surface area (Å²) in [6, 6.07) is 15.5. The van der Waals surface area contributed by atoms with Gasteiger partial charge in [0.25, 0.3) is 0 Å². The van der Waals surface area contributed by atoms with Crippen molar-refractivity contribution in [3.8, 4) is 0 Å². The summed E-state index contributed by atoms with van der Waals surface area (Å²) in [5, 5.41) is 10.0. The molecule has 0 bridgehead atoms. The molecule has 2 N–H and O–H groups in total. The van der Waals surface area contributed by atoms with Gasteiger partial charge in [0.15, 0.2) is 0 Å². The number of hydrogen-bond donors (Lipinski definition) is 2. The number of carbonyl (C=O) groups excluding carboxylic acids is 2. The molecule has 0 aliphatic heterocycles. The van der Waals surface area contributed by atoms with Crippen LogP contribution in [-0.4, -0.2) is 17.9 Å². The maximum atomic E-state index is 12.6. The second-order valence-corrected chi connectivity index (χ2v) is 9.01. The highest BCUT2D eigenvalue weighted by atomic mass is 79.9. The standard InChI is InChI=1S/C22H23BrN2O2S/c1-14(2)21(22(27)24-12-19-11-18(23)13-28-19)25-20(26)10-15-7-8-16-5-3-4-6-17(16)9-15/h3-9,11,13-14,21H,10,12H2,1-2H3,(H,24,27)(H,25,26). The van der Waals surface area contributed by atoms with Crippen molar-refractivity contribution in [2.75, 3.05) is 0 Å². The van der Waals surface area contributed by atoms with Gasteiger partial charge in [-0.25, -0.2) is 0 Å². The molecule has 1 atom stereocenters. The first-order valence-electron chi connectivity index (χ1n) is 9.20. The third-order valence-corrected chi connectivity index (χ3v) is 6.20. The summed E-state index contributed by atoms with van der Waals surface area (Å²) in [4.78, 5) is 26.2. The van der Waals surface area contributed by atoms with Crippen molar-refractivity contribution in [1.82, 2.24) is 10.6 Å². The minimum atomic E-state index is -0.559. The molecule has 1 unspecified atom stereocenters. The molecular weight excluding hydrogens is 436 g/mol. The zero-order chi connectivity index (χ0) is 20.1. The van der Waals surface area contributed by atoms with Gasteiger partial charge >= 0.3 is 0 Å². The summed E-state index contributed by atoms with van der Waals surface area (Å²) >= 11 is 4.99. The molecule has 3 aromatic rings. The Labute approximate surface area is 177 Å². The van der Waals surface area contributed by atoms with Crippen molar-refractivity contribution in [1.29, 1.82) is 0 Å². The summed E-state index contributed by atoms with van der Waals surface area (Å²) in [6.07, 6.45) is 0.249. The van der Waals surface area contributed by atoms with Crippen molar-refractivity contribution < 1.29 is 9.59 Å². The van der Waals surface area contributed by atoms with Crippen molar-refractivity contribution >= 4 is 49.9 Å². The molecule has 0 aliphatic carbocycles. The van der Waals surface area contributed by atoms with Gasteiger partial charge in [-0.1, -0.05) is 56.3 Å². The maximum Gasteiger partial charge on any atom is 0.243 e. The smallest absolute Gasteiger partial charge is 0.243 e. The number of halogens is 1. The van der Waals surface area contributed by atoms with Crippen LogP contribution in [0.25, 0.3) is 10.8 Å². The molecule has 1 aromatic heterocycles. The highest BCUT2D eigenvalue weighted by Crippen LogP contribution is 2.19. The van der Waals surface area contributed by atoms with Crippen LogP contribution in [0.4, 0.5) is 0 Å². The van der Waals surface area contributed by atoms with E-state index < -0.39 is 6.04 Å². The first kappa shape index (κ1) is 20.6. The van der Waals surface area contributed by atoms with Crippen LogP contribution in [-0.2, 0) is 22.6 Å². The van der Waals surface area contributed by atoms with Crippen molar-refractivity contribution in [2.45, 2.75) is 32.9 Å². The minimum Gasteiger partial charge on any atom is -0.349 e. The maximum absolute atomic E-state index is 12.6. The molecule has 2 amide bonds. The Morgan fingerprint density at radius 1 is 1.07 bits per heavy atom. The molecule has 0 radical (unpaired) electrons. The van der Waals surface area contributed by atoms with Crippen molar-refractivity contribution in [3.63, 3.8) is 0 Å². The van der Waals surface area contributed by atoms with Gasteiger partial charge in [0.05, 0.1) is 13.0 Å². The lowest BCUT2D eigenvalue weighted by atomic mass is 10.0. The number of amides is 2. The monoisotopic (exact) mass is 458 g/mol. The lowest BCUT2D eigenvalue weighted by Crippen LogP contribution is -2.49. The Morgan fingerprint density at radius 3 is 2.50 bits per heavy atom. The van der Waals surface area contributed by atoms with Gasteiger partial charge in [0.2, 0.25) is 11.8 Å². The Bertz CT molecular complexity index is 983. The highest BCUT2D eigenvalue weighted by molar-refractivity contribution is 9.10. The van der Waals surface area contributed by atoms with Crippen LogP contribution in [0.3, 0.4) is 0 Å². The topological polar surface area (TPSA) is 58.2 Å². The van der Waals surface area contributed by atoms with Gasteiger partial charge in [-0.05, 0) is 44.3 Å². The van der Waals surface area contributed by atoms with E-state index in [2.05, 4.69) is 26.6 Å². The number of rotatable bonds is 7. The first-order valence-corrected chi connectivity index (χ1v) is 10.9. The summed E-state index contributed by atoms with van der Waals surface area (Å²) in [5.74, 6) is -0.315. The predicted molar refractivity (Wildman–Crippen MR) is 118 cm³/mol. The fourth-order valence-electron chi connectivity index (χ4n) is 3.02. The second-order valence-electron chi connectivity index (χ2n) is 7.10.